The van der Waals surface area contributed by atoms with E-state index in [4.69, 9.17) is 4.74 Å². The van der Waals surface area contributed by atoms with Crippen LogP contribution in [0.4, 0.5) is 9.18 Å². The highest BCUT2D eigenvalue weighted by Gasteiger charge is 2.27. The molecule has 0 unspecified atom stereocenters. The van der Waals surface area contributed by atoms with Crippen LogP contribution in [0.2, 0.25) is 0 Å². The smallest absolute Gasteiger partial charge is 0.315 e. The SMILES string of the molecule is Cc1nc2n(n1)C[C@H](NC(=O)N[C@H]1CCOc3c(F)cccc31)CC2. The van der Waals surface area contributed by atoms with Crippen LogP contribution in [0, 0.1) is 12.7 Å². The van der Waals surface area contributed by atoms with Crippen molar-refractivity contribution in [3.05, 3.63) is 41.2 Å². The number of fused-ring (bicyclic) bond motifs is 2. The molecule has 132 valence electrons. The van der Waals surface area contributed by atoms with Crippen LogP contribution in [0.5, 0.6) is 5.75 Å². The van der Waals surface area contributed by atoms with E-state index < -0.39 is 5.82 Å². The standard InChI is InChI=1S/C17H20FN5O2/c1-10-19-15-6-5-11(9-23(15)22-10)20-17(24)21-14-7-8-25-16-12(14)3-2-4-13(16)18/h2-4,11,14H,5-9H2,1H3,(H2,20,21,24)/t11-,14+/m1/s1. The van der Waals surface area contributed by atoms with E-state index in [-0.39, 0.29) is 23.9 Å². The fourth-order valence-corrected chi connectivity index (χ4v) is 3.47. The number of halogens is 1. The van der Waals surface area contributed by atoms with E-state index in [9.17, 15) is 9.18 Å². The molecule has 0 saturated heterocycles. The molecule has 0 aliphatic carbocycles. The Morgan fingerprint density at radius 2 is 2.24 bits per heavy atom. The van der Waals surface area contributed by atoms with E-state index in [2.05, 4.69) is 20.7 Å². The lowest BCUT2D eigenvalue weighted by Crippen LogP contribution is -2.47. The second kappa shape index (κ2) is 6.34. The van der Waals surface area contributed by atoms with Crippen molar-refractivity contribution in [1.29, 1.82) is 0 Å². The number of nitrogens with one attached hydrogen (secondary N) is 2. The van der Waals surface area contributed by atoms with Crippen LogP contribution < -0.4 is 15.4 Å². The van der Waals surface area contributed by atoms with Crippen LogP contribution in [0.1, 0.15) is 36.1 Å². The molecule has 2 aromatic rings. The van der Waals surface area contributed by atoms with Crippen LogP contribution >= 0.6 is 0 Å². The van der Waals surface area contributed by atoms with E-state index in [1.165, 1.54) is 6.07 Å². The first-order valence-electron chi connectivity index (χ1n) is 8.48. The van der Waals surface area contributed by atoms with Crippen molar-refractivity contribution in [2.24, 2.45) is 0 Å². The van der Waals surface area contributed by atoms with Gasteiger partial charge in [-0.25, -0.2) is 18.9 Å². The first-order chi connectivity index (χ1) is 12.1. The number of aryl methyl sites for hydroxylation is 2. The molecule has 8 heteroatoms. The average Bonchev–Trinajstić information content (AvgIpc) is 2.95. The molecule has 1 aromatic heterocycles. The number of hydrogen-bond donors (Lipinski definition) is 2. The van der Waals surface area contributed by atoms with Gasteiger partial charge in [-0.05, 0) is 19.4 Å². The fourth-order valence-electron chi connectivity index (χ4n) is 3.47. The Morgan fingerprint density at radius 3 is 3.12 bits per heavy atom. The van der Waals surface area contributed by atoms with Crippen molar-refractivity contribution >= 4 is 6.03 Å². The van der Waals surface area contributed by atoms with Crippen LogP contribution in [-0.4, -0.2) is 33.4 Å². The molecule has 3 heterocycles. The summed E-state index contributed by atoms with van der Waals surface area (Å²) in [6, 6.07) is 4.26. The van der Waals surface area contributed by atoms with Gasteiger partial charge in [0.25, 0.3) is 0 Å². The van der Waals surface area contributed by atoms with Gasteiger partial charge in [0.05, 0.1) is 25.2 Å². The highest BCUT2D eigenvalue weighted by atomic mass is 19.1. The average molecular weight is 345 g/mol. The maximum absolute atomic E-state index is 13.8. The topological polar surface area (TPSA) is 81.1 Å². The molecule has 2 aliphatic rings. The number of aromatic nitrogens is 3. The van der Waals surface area contributed by atoms with Crippen molar-refractivity contribution in [1.82, 2.24) is 25.4 Å². The van der Waals surface area contributed by atoms with E-state index in [0.29, 0.717) is 25.1 Å². The van der Waals surface area contributed by atoms with Gasteiger partial charge in [-0.15, -0.1) is 0 Å². The summed E-state index contributed by atoms with van der Waals surface area (Å²) in [5.41, 5.74) is 0.680. The summed E-state index contributed by atoms with van der Waals surface area (Å²) in [4.78, 5) is 16.8. The molecular formula is C17H20FN5O2. The zero-order valence-electron chi connectivity index (χ0n) is 14.0. The molecule has 4 rings (SSSR count). The number of rotatable bonds is 2. The van der Waals surface area contributed by atoms with Crippen molar-refractivity contribution in [2.75, 3.05) is 6.61 Å². The first-order valence-corrected chi connectivity index (χ1v) is 8.48. The Kier molecular flexibility index (Phi) is 4.03. The number of urea groups is 1. The summed E-state index contributed by atoms with van der Waals surface area (Å²) in [5.74, 6) is 1.55. The molecule has 25 heavy (non-hydrogen) atoms. The van der Waals surface area contributed by atoms with Gasteiger partial charge in [-0.1, -0.05) is 12.1 Å². The minimum Gasteiger partial charge on any atom is -0.490 e. The fraction of sp³-hybridized carbons (Fsp3) is 0.471. The molecule has 2 N–H and O–H groups in total. The lowest BCUT2D eigenvalue weighted by atomic mass is 10.0. The third kappa shape index (κ3) is 3.16. The Labute approximate surface area is 144 Å². The van der Waals surface area contributed by atoms with Crippen LogP contribution in [0.3, 0.4) is 0 Å². The number of amides is 2. The molecule has 0 radical (unpaired) electrons. The van der Waals surface area contributed by atoms with E-state index in [1.807, 2.05) is 11.6 Å². The number of ether oxygens (including phenoxy) is 1. The molecule has 0 saturated carbocycles. The second-order valence-electron chi connectivity index (χ2n) is 6.46. The van der Waals surface area contributed by atoms with Gasteiger partial charge < -0.3 is 15.4 Å². The monoisotopic (exact) mass is 345 g/mol. The lowest BCUT2D eigenvalue weighted by Gasteiger charge is -2.29. The summed E-state index contributed by atoms with van der Waals surface area (Å²) < 4.78 is 21.1. The minimum atomic E-state index is -0.397. The van der Waals surface area contributed by atoms with E-state index in [1.54, 1.807) is 12.1 Å². The molecule has 0 spiro atoms. The Hall–Kier alpha value is -2.64. The van der Waals surface area contributed by atoms with Gasteiger partial charge in [0.15, 0.2) is 11.6 Å². The van der Waals surface area contributed by atoms with Crippen LogP contribution in [0.25, 0.3) is 0 Å². The normalized spacial score (nSPS) is 21.7. The summed E-state index contributed by atoms with van der Waals surface area (Å²) in [7, 11) is 0. The van der Waals surface area contributed by atoms with Crippen LogP contribution in [-0.2, 0) is 13.0 Å². The van der Waals surface area contributed by atoms with Gasteiger partial charge >= 0.3 is 6.03 Å². The first kappa shape index (κ1) is 15.9. The zero-order valence-corrected chi connectivity index (χ0v) is 14.0. The molecule has 2 aliphatic heterocycles. The number of carbonyl (C=O) groups is 1. The van der Waals surface area contributed by atoms with Crippen molar-refractivity contribution in [3.63, 3.8) is 0 Å². The Balaban J connectivity index is 1.40. The second-order valence-corrected chi connectivity index (χ2v) is 6.46. The zero-order chi connectivity index (χ0) is 17.4. The molecule has 2 amide bonds. The summed E-state index contributed by atoms with van der Waals surface area (Å²) in [5, 5.41) is 10.3. The summed E-state index contributed by atoms with van der Waals surface area (Å²) in [6.07, 6.45) is 2.22. The highest BCUT2D eigenvalue weighted by molar-refractivity contribution is 5.75. The summed E-state index contributed by atoms with van der Waals surface area (Å²) in [6.45, 7) is 2.86. The maximum atomic E-state index is 13.8. The van der Waals surface area contributed by atoms with Crippen molar-refractivity contribution in [3.8, 4) is 5.75 Å². The van der Waals surface area contributed by atoms with Gasteiger partial charge in [-0.3, -0.25) is 0 Å². The predicted octanol–water partition coefficient (Wildman–Crippen LogP) is 1.86. The van der Waals surface area contributed by atoms with Gasteiger partial charge in [0.1, 0.15) is 11.6 Å². The third-order valence-electron chi connectivity index (χ3n) is 4.63. The number of carbonyl (C=O) groups excluding carboxylic acids is 1. The maximum Gasteiger partial charge on any atom is 0.315 e. The van der Waals surface area contributed by atoms with Gasteiger partial charge in [-0.2, -0.15) is 5.10 Å². The number of benzene rings is 1. The van der Waals surface area contributed by atoms with E-state index in [0.717, 1.165) is 24.5 Å². The van der Waals surface area contributed by atoms with Crippen molar-refractivity contribution < 1.29 is 13.9 Å². The molecule has 2 atom stereocenters. The van der Waals surface area contributed by atoms with Gasteiger partial charge in [0, 0.05) is 18.4 Å². The number of hydrogen-bond acceptors (Lipinski definition) is 4. The van der Waals surface area contributed by atoms with Gasteiger partial charge in [0.2, 0.25) is 0 Å². The van der Waals surface area contributed by atoms with E-state index >= 15 is 0 Å². The number of nitrogens with zero attached hydrogens (tertiary/aromatic N) is 3. The molecule has 1 aromatic carbocycles. The predicted molar refractivity (Wildman–Crippen MR) is 87.8 cm³/mol. The van der Waals surface area contributed by atoms with Crippen LogP contribution in [0.15, 0.2) is 18.2 Å². The molecule has 7 nitrogen and oxygen atoms in total. The molecule has 0 bridgehead atoms. The quantitative estimate of drug-likeness (QED) is 0.871. The summed E-state index contributed by atoms with van der Waals surface area (Å²) >= 11 is 0. The molecule has 0 fully saturated rings. The molecular weight excluding hydrogens is 325 g/mol. The van der Waals surface area contributed by atoms with Crippen molar-refractivity contribution in [2.45, 2.75) is 44.8 Å². The third-order valence-corrected chi connectivity index (χ3v) is 4.63. The lowest BCUT2D eigenvalue weighted by molar-refractivity contribution is 0.213. The number of para-hydroxylation sites is 1. The minimum absolute atomic E-state index is 0.000389. The largest absolute Gasteiger partial charge is 0.490 e. The Bertz CT molecular complexity index is 806. The highest BCUT2D eigenvalue weighted by Crippen LogP contribution is 2.33. The Morgan fingerprint density at radius 1 is 1.36 bits per heavy atom.